The Hall–Kier alpha value is -3.55. The molecule has 2 aliphatic rings. The lowest BCUT2D eigenvalue weighted by Crippen LogP contribution is -2.55. The summed E-state index contributed by atoms with van der Waals surface area (Å²) in [7, 11) is 0. The molecule has 2 atom stereocenters. The Morgan fingerprint density at radius 1 is 0.944 bits per heavy atom. The number of piperidine rings is 1. The Bertz CT molecular complexity index is 1120. The van der Waals surface area contributed by atoms with Crippen LogP contribution in [0.3, 0.4) is 0 Å². The lowest BCUT2D eigenvalue weighted by Gasteiger charge is -2.36. The number of likely N-dealkylation sites (tertiary alicyclic amines) is 1. The Labute approximate surface area is 212 Å². The van der Waals surface area contributed by atoms with Gasteiger partial charge in [0.25, 0.3) is 11.8 Å². The molecule has 36 heavy (non-hydrogen) atoms. The quantitative estimate of drug-likeness (QED) is 0.615. The normalized spacial score (nSPS) is 17.0. The number of rotatable bonds is 7. The highest BCUT2D eigenvalue weighted by Crippen LogP contribution is 2.33. The fourth-order valence-corrected chi connectivity index (χ4v) is 4.57. The van der Waals surface area contributed by atoms with Gasteiger partial charge in [-0.2, -0.15) is 0 Å². The Morgan fingerprint density at radius 3 is 2.33 bits per heavy atom. The predicted octanol–water partition coefficient (Wildman–Crippen LogP) is 3.54. The van der Waals surface area contributed by atoms with E-state index >= 15 is 0 Å². The zero-order valence-corrected chi connectivity index (χ0v) is 21.4. The van der Waals surface area contributed by atoms with Gasteiger partial charge in [0, 0.05) is 30.3 Å². The zero-order valence-electron chi connectivity index (χ0n) is 21.4. The Kier molecular flexibility index (Phi) is 7.82. The van der Waals surface area contributed by atoms with Gasteiger partial charge in [-0.15, -0.1) is 0 Å². The number of aryl methyl sites for hydroxylation is 1. The van der Waals surface area contributed by atoms with Crippen LogP contribution < -0.4 is 20.1 Å². The number of hydrogen-bond donors (Lipinski definition) is 2. The van der Waals surface area contributed by atoms with E-state index in [1.807, 2.05) is 45.9 Å². The number of carbonyl (C=O) groups excluding carboxylic acids is 3. The van der Waals surface area contributed by atoms with Gasteiger partial charge in [-0.25, -0.2) is 0 Å². The van der Waals surface area contributed by atoms with Crippen LogP contribution in [0.2, 0.25) is 0 Å². The Balaban J connectivity index is 1.45. The van der Waals surface area contributed by atoms with Gasteiger partial charge in [0.15, 0.2) is 11.5 Å². The molecule has 2 aromatic rings. The minimum Gasteiger partial charge on any atom is -0.454 e. The largest absolute Gasteiger partial charge is 0.454 e. The van der Waals surface area contributed by atoms with Crippen molar-refractivity contribution in [3.05, 3.63) is 59.2 Å². The topological polar surface area (TPSA) is 97.0 Å². The van der Waals surface area contributed by atoms with Crippen LogP contribution in [0.1, 0.15) is 59.9 Å². The fraction of sp³-hybridized carbons (Fsp3) is 0.464. The second kappa shape index (κ2) is 11.0. The van der Waals surface area contributed by atoms with Gasteiger partial charge in [-0.1, -0.05) is 32.0 Å². The van der Waals surface area contributed by atoms with Gasteiger partial charge in [0.1, 0.15) is 6.04 Å². The first kappa shape index (κ1) is 25.5. The van der Waals surface area contributed by atoms with E-state index in [-0.39, 0.29) is 42.4 Å². The second-order valence-electron chi connectivity index (χ2n) is 10.0. The van der Waals surface area contributed by atoms with Crippen molar-refractivity contribution < 1.29 is 23.9 Å². The molecule has 0 spiro atoms. The first-order chi connectivity index (χ1) is 17.2. The summed E-state index contributed by atoms with van der Waals surface area (Å²) in [6.45, 7) is 9.10. The van der Waals surface area contributed by atoms with E-state index in [9.17, 15) is 14.4 Å². The van der Waals surface area contributed by atoms with Crippen LogP contribution in [-0.2, 0) is 4.79 Å². The van der Waals surface area contributed by atoms with Crippen molar-refractivity contribution in [1.82, 2.24) is 15.5 Å². The molecular weight excluding hydrogens is 458 g/mol. The lowest BCUT2D eigenvalue weighted by molar-refractivity contribution is -0.125. The minimum absolute atomic E-state index is 0.0250. The van der Waals surface area contributed by atoms with Gasteiger partial charge in [0.2, 0.25) is 12.7 Å². The zero-order chi connectivity index (χ0) is 25.8. The third-order valence-electron chi connectivity index (χ3n) is 7.25. The van der Waals surface area contributed by atoms with Gasteiger partial charge >= 0.3 is 0 Å². The maximum atomic E-state index is 13.3. The van der Waals surface area contributed by atoms with Crippen molar-refractivity contribution in [2.75, 3.05) is 19.9 Å². The van der Waals surface area contributed by atoms with Crippen molar-refractivity contribution >= 4 is 17.7 Å². The summed E-state index contributed by atoms with van der Waals surface area (Å²) < 4.78 is 10.7. The van der Waals surface area contributed by atoms with Gasteiger partial charge < -0.3 is 25.0 Å². The molecule has 3 amide bonds. The number of hydrogen-bond acceptors (Lipinski definition) is 5. The first-order valence-electron chi connectivity index (χ1n) is 12.6. The summed E-state index contributed by atoms with van der Waals surface area (Å²) in [6.07, 6.45) is 1.22. The van der Waals surface area contributed by atoms with E-state index < -0.39 is 6.04 Å². The Morgan fingerprint density at radius 2 is 1.64 bits per heavy atom. The summed E-state index contributed by atoms with van der Waals surface area (Å²) >= 11 is 0. The molecule has 0 saturated carbocycles. The molecule has 2 aliphatic heterocycles. The summed E-state index contributed by atoms with van der Waals surface area (Å²) in [5, 5.41) is 6.08. The van der Waals surface area contributed by atoms with Crippen LogP contribution in [0.5, 0.6) is 11.5 Å². The van der Waals surface area contributed by atoms with Crippen LogP contribution in [-0.4, -0.2) is 54.6 Å². The van der Waals surface area contributed by atoms with E-state index in [2.05, 4.69) is 10.6 Å². The molecule has 8 nitrogen and oxygen atoms in total. The van der Waals surface area contributed by atoms with Crippen LogP contribution in [0.15, 0.2) is 42.5 Å². The van der Waals surface area contributed by atoms with Crippen molar-refractivity contribution in [2.45, 2.75) is 52.6 Å². The molecule has 4 rings (SSSR count). The van der Waals surface area contributed by atoms with E-state index in [1.165, 1.54) is 0 Å². The van der Waals surface area contributed by atoms with E-state index in [0.717, 1.165) is 5.56 Å². The SMILES string of the molecule is Cc1ccccc1C(=O)N[C@H](C(=O)N[C@@H](C)C(C)C)C1CCN(C(=O)c2ccc3c(c2)OCO3)CC1. The predicted molar refractivity (Wildman–Crippen MR) is 136 cm³/mol. The molecule has 0 unspecified atom stereocenters. The average molecular weight is 494 g/mol. The molecule has 0 bridgehead atoms. The van der Waals surface area contributed by atoms with Gasteiger partial charge in [-0.05, 0) is 68.4 Å². The molecule has 2 N–H and O–H groups in total. The maximum absolute atomic E-state index is 13.3. The number of nitrogens with zero attached hydrogens (tertiary/aromatic N) is 1. The molecule has 1 fully saturated rings. The first-order valence-corrected chi connectivity index (χ1v) is 12.6. The van der Waals surface area contributed by atoms with Crippen molar-refractivity contribution in [1.29, 1.82) is 0 Å². The number of amides is 3. The summed E-state index contributed by atoms with van der Waals surface area (Å²) in [6, 6.07) is 11.8. The molecule has 0 radical (unpaired) electrons. The van der Waals surface area contributed by atoms with Crippen LogP contribution >= 0.6 is 0 Å². The molecule has 0 aromatic heterocycles. The van der Waals surface area contributed by atoms with Crippen LogP contribution in [0.25, 0.3) is 0 Å². The van der Waals surface area contributed by atoms with Gasteiger partial charge in [-0.3, -0.25) is 14.4 Å². The van der Waals surface area contributed by atoms with Crippen LogP contribution in [0.4, 0.5) is 0 Å². The second-order valence-corrected chi connectivity index (χ2v) is 10.0. The number of fused-ring (bicyclic) bond motifs is 1. The van der Waals surface area contributed by atoms with E-state index in [0.29, 0.717) is 48.6 Å². The molecule has 192 valence electrons. The standard InChI is InChI=1S/C28H35N3O5/c1-17(2)19(4)29-27(33)25(30-26(32)22-8-6-5-7-18(22)3)20-11-13-31(14-12-20)28(34)21-9-10-23-24(15-21)36-16-35-23/h5-10,15,17,19-20,25H,11-14,16H2,1-4H3,(H,29,33)(H,30,32)/t19-,25-/m0/s1. The molecule has 0 aliphatic carbocycles. The van der Waals surface area contributed by atoms with Crippen LogP contribution in [0, 0.1) is 18.8 Å². The highest BCUT2D eigenvalue weighted by Gasteiger charge is 2.35. The number of ether oxygens (including phenoxy) is 2. The van der Waals surface area contributed by atoms with Crippen molar-refractivity contribution in [2.24, 2.45) is 11.8 Å². The number of nitrogens with one attached hydrogen (secondary N) is 2. The summed E-state index contributed by atoms with van der Waals surface area (Å²) in [5.41, 5.74) is 1.96. The highest BCUT2D eigenvalue weighted by molar-refractivity contribution is 5.99. The summed E-state index contributed by atoms with van der Waals surface area (Å²) in [4.78, 5) is 41.3. The average Bonchev–Trinajstić information content (AvgIpc) is 3.35. The highest BCUT2D eigenvalue weighted by atomic mass is 16.7. The number of carbonyl (C=O) groups is 3. The molecule has 2 heterocycles. The van der Waals surface area contributed by atoms with Crippen molar-refractivity contribution in [3.8, 4) is 11.5 Å². The third kappa shape index (κ3) is 5.64. The third-order valence-corrected chi connectivity index (χ3v) is 7.25. The number of benzene rings is 2. The molecular formula is C28H35N3O5. The van der Waals surface area contributed by atoms with E-state index in [4.69, 9.17) is 9.47 Å². The van der Waals surface area contributed by atoms with E-state index in [1.54, 1.807) is 29.2 Å². The maximum Gasteiger partial charge on any atom is 0.253 e. The molecule has 1 saturated heterocycles. The molecule has 8 heteroatoms. The van der Waals surface area contributed by atoms with Crippen molar-refractivity contribution in [3.63, 3.8) is 0 Å². The molecule has 2 aromatic carbocycles. The summed E-state index contributed by atoms with van der Waals surface area (Å²) in [5.74, 6) is 0.874. The lowest BCUT2D eigenvalue weighted by atomic mass is 9.87. The fourth-order valence-electron chi connectivity index (χ4n) is 4.57. The van der Waals surface area contributed by atoms with Gasteiger partial charge in [0.05, 0.1) is 0 Å². The smallest absolute Gasteiger partial charge is 0.253 e. The monoisotopic (exact) mass is 493 g/mol. The minimum atomic E-state index is -0.680.